The average molecular weight is 299 g/mol. The van der Waals surface area contributed by atoms with E-state index >= 15 is 0 Å². The molecule has 0 aliphatic heterocycles. The maximum atomic E-state index is 12.3. The van der Waals surface area contributed by atoms with Crippen molar-refractivity contribution in [3.05, 3.63) is 29.8 Å². The molecule has 1 aliphatic carbocycles. The Morgan fingerprint density at radius 1 is 1.33 bits per heavy atom. The Labute approximate surface area is 124 Å². The van der Waals surface area contributed by atoms with Crippen molar-refractivity contribution < 1.29 is 18.6 Å². The lowest BCUT2D eigenvalue weighted by atomic mass is 9.88. The summed E-state index contributed by atoms with van der Waals surface area (Å²) in [6, 6.07) is 6.91. The SMILES string of the molecule is CC(CO)(NC1CCCCC1)c1cccc(OC(F)F)c1. The highest BCUT2D eigenvalue weighted by atomic mass is 19.3. The number of rotatable bonds is 6. The third-order valence-electron chi connectivity index (χ3n) is 4.14. The number of nitrogens with one attached hydrogen (secondary N) is 1. The third kappa shape index (κ3) is 4.38. The molecule has 1 aliphatic rings. The monoisotopic (exact) mass is 299 g/mol. The van der Waals surface area contributed by atoms with Gasteiger partial charge in [0.2, 0.25) is 0 Å². The van der Waals surface area contributed by atoms with Gasteiger partial charge < -0.3 is 15.2 Å². The Hall–Kier alpha value is -1.20. The number of alkyl halides is 2. The fourth-order valence-corrected chi connectivity index (χ4v) is 2.93. The quantitative estimate of drug-likeness (QED) is 0.845. The first-order chi connectivity index (χ1) is 10.0. The van der Waals surface area contributed by atoms with E-state index in [0.717, 1.165) is 18.4 Å². The number of hydrogen-bond acceptors (Lipinski definition) is 3. The van der Waals surface area contributed by atoms with Crippen molar-refractivity contribution in [1.29, 1.82) is 0 Å². The van der Waals surface area contributed by atoms with Crippen molar-refractivity contribution in [1.82, 2.24) is 5.32 Å². The summed E-state index contributed by atoms with van der Waals surface area (Å²) >= 11 is 0. The largest absolute Gasteiger partial charge is 0.435 e. The normalized spacial score (nSPS) is 19.5. The Balaban J connectivity index is 2.14. The molecule has 0 radical (unpaired) electrons. The molecule has 1 aromatic carbocycles. The van der Waals surface area contributed by atoms with Crippen LogP contribution in [0.2, 0.25) is 0 Å². The van der Waals surface area contributed by atoms with Crippen molar-refractivity contribution in [2.75, 3.05) is 6.61 Å². The Bertz CT molecular complexity index is 450. The smallest absolute Gasteiger partial charge is 0.387 e. The lowest BCUT2D eigenvalue weighted by Crippen LogP contribution is -2.49. The number of aliphatic hydroxyl groups excluding tert-OH is 1. The van der Waals surface area contributed by atoms with Gasteiger partial charge in [0.15, 0.2) is 0 Å². The van der Waals surface area contributed by atoms with E-state index < -0.39 is 12.2 Å². The minimum atomic E-state index is -2.84. The fourth-order valence-electron chi connectivity index (χ4n) is 2.93. The van der Waals surface area contributed by atoms with E-state index in [1.807, 2.05) is 13.0 Å². The summed E-state index contributed by atoms with van der Waals surface area (Å²) in [6.45, 7) is -1.04. The predicted octanol–water partition coefficient (Wildman–Crippen LogP) is 3.42. The molecule has 0 amide bonds. The highest BCUT2D eigenvalue weighted by Gasteiger charge is 2.29. The van der Waals surface area contributed by atoms with Gasteiger partial charge in [-0.1, -0.05) is 31.4 Å². The van der Waals surface area contributed by atoms with E-state index in [1.165, 1.54) is 25.3 Å². The van der Waals surface area contributed by atoms with Crippen molar-refractivity contribution in [2.45, 2.75) is 57.2 Å². The second-order valence-corrected chi connectivity index (χ2v) is 5.88. The van der Waals surface area contributed by atoms with Crippen molar-refractivity contribution in [3.8, 4) is 5.75 Å². The van der Waals surface area contributed by atoms with E-state index in [2.05, 4.69) is 10.1 Å². The van der Waals surface area contributed by atoms with Crippen LogP contribution in [0, 0.1) is 0 Å². The molecule has 1 atom stereocenters. The van der Waals surface area contributed by atoms with Crippen LogP contribution in [0.3, 0.4) is 0 Å². The zero-order valence-electron chi connectivity index (χ0n) is 12.3. The van der Waals surface area contributed by atoms with Gasteiger partial charge in [-0.25, -0.2) is 0 Å². The lowest BCUT2D eigenvalue weighted by molar-refractivity contribution is -0.0499. The third-order valence-corrected chi connectivity index (χ3v) is 4.14. The van der Waals surface area contributed by atoms with Crippen LogP contribution < -0.4 is 10.1 Å². The van der Waals surface area contributed by atoms with Crippen LogP contribution >= 0.6 is 0 Å². The molecule has 0 spiro atoms. The minimum absolute atomic E-state index is 0.0956. The highest BCUT2D eigenvalue weighted by molar-refractivity contribution is 5.33. The number of halogens is 2. The van der Waals surface area contributed by atoms with Crippen molar-refractivity contribution in [3.63, 3.8) is 0 Å². The molecule has 1 unspecified atom stereocenters. The lowest BCUT2D eigenvalue weighted by Gasteiger charge is -2.36. The maximum absolute atomic E-state index is 12.3. The van der Waals surface area contributed by atoms with Gasteiger partial charge in [-0.05, 0) is 37.5 Å². The number of hydrogen-bond donors (Lipinski definition) is 2. The second-order valence-electron chi connectivity index (χ2n) is 5.88. The first kappa shape index (κ1) is 16.2. The summed E-state index contributed by atoms with van der Waals surface area (Å²) < 4.78 is 29.1. The van der Waals surface area contributed by atoms with Gasteiger partial charge in [-0.3, -0.25) is 0 Å². The van der Waals surface area contributed by atoms with Crippen LogP contribution in [0.25, 0.3) is 0 Å². The molecule has 0 bridgehead atoms. The van der Waals surface area contributed by atoms with Crippen molar-refractivity contribution >= 4 is 0 Å². The van der Waals surface area contributed by atoms with Gasteiger partial charge >= 0.3 is 6.61 Å². The first-order valence-corrected chi connectivity index (χ1v) is 7.47. The van der Waals surface area contributed by atoms with E-state index in [4.69, 9.17) is 0 Å². The van der Waals surface area contributed by atoms with Crippen LogP contribution in [0.5, 0.6) is 5.75 Å². The van der Waals surface area contributed by atoms with Gasteiger partial charge in [0.25, 0.3) is 0 Å². The van der Waals surface area contributed by atoms with Gasteiger partial charge in [-0.15, -0.1) is 0 Å². The Kier molecular flexibility index (Phi) is 5.53. The molecular formula is C16H23F2NO2. The fraction of sp³-hybridized carbons (Fsp3) is 0.625. The molecule has 1 fully saturated rings. The summed E-state index contributed by atoms with van der Waals surface area (Å²) in [6.07, 6.45) is 5.80. The molecule has 1 aromatic rings. The van der Waals surface area contributed by atoms with Crippen LogP contribution in [0.1, 0.15) is 44.6 Å². The van der Waals surface area contributed by atoms with Gasteiger partial charge in [-0.2, -0.15) is 8.78 Å². The number of aliphatic hydroxyl groups is 1. The van der Waals surface area contributed by atoms with E-state index in [0.29, 0.717) is 6.04 Å². The summed E-state index contributed by atoms with van der Waals surface area (Å²) in [5, 5.41) is 13.3. The molecule has 0 aromatic heterocycles. The standard InChI is InChI=1S/C16H23F2NO2/c1-16(11-20,19-13-7-3-2-4-8-13)12-6-5-9-14(10-12)21-15(17)18/h5-6,9-10,13,15,19-20H,2-4,7-8,11H2,1H3. The Morgan fingerprint density at radius 2 is 2.05 bits per heavy atom. The molecule has 0 saturated heterocycles. The van der Waals surface area contributed by atoms with Crippen LogP contribution in [-0.2, 0) is 5.54 Å². The zero-order chi connectivity index (χ0) is 15.3. The molecule has 3 nitrogen and oxygen atoms in total. The maximum Gasteiger partial charge on any atom is 0.387 e. The van der Waals surface area contributed by atoms with Gasteiger partial charge in [0.05, 0.1) is 12.1 Å². The molecular weight excluding hydrogens is 276 g/mol. The minimum Gasteiger partial charge on any atom is -0.435 e. The second kappa shape index (κ2) is 7.18. The molecule has 2 N–H and O–H groups in total. The number of ether oxygens (including phenoxy) is 1. The molecule has 2 rings (SSSR count). The Morgan fingerprint density at radius 3 is 2.67 bits per heavy atom. The number of benzene rings is 1. The van der Waals surface area contributed by atoms with Crippen molar-refractivity contribution in [2.24, 2.45) is 0 Å². The van der Waals surface area contributed by atoms with Crippen LogP contribution in [0.15, 0.2) is 24.3 Å². The van der Waals surface area contributed by atoms with E-state index in [1.54, 1.807) is 12.1 Å². The highest BCUT2D eigenvalue weighted by Crippen LogP contribution is 2.28. The topological polar surface area (TPSA) is 41.5 Å². The van der Waals surface area contributed by atoms with Gasteiger partial charge in [0.1, 0.15) is 5.75 Å². The zero-order valence-corrected chi connectivity index (χ0v) is 12.3. The average Bonchev–Trinajstić information content (AvgIpc) is 2.48. The predicted molar refractivity (Wildman–Crippen MR) is 77.5 cm³/mol. The summed E-state index contributed by atoms with van der Waals surface area (Å²) in [7, 11) is 0. The van der Waals surface area contributed by atoms with E-state index in [9.17, 15) is 13.9 Å². The first-order valence-electron chi connectivity index (χ1n) is 7.47. The summed E-state index contributed by atoms with van der Waals surface area (Å²) in [4.78, 5) is 0. The molecule has 118 valence electrons. The molecule has 5 heteroatoms. The van der Waals surface area contributed by atoms with Gasteiger partial charge in [0, 0.05) is 6.04 Å². The van der Waals surface area contributed by atoms with Crippen LogP contribution in [-0.4, -0.2) is 24.4 Å². The summed E-state index contributed by atoms with van der Waals surface area (Å²) in [5.74, 6) is 0.118. The summed E-state index contributed by atoms with van der Waals surface area (Å²) in [5.41, 5.74) is 0.109. The molecule has 21 heavy (non-hydrogen) atoms. The molecule has 1 saturated carbocycles. The molecule has 0 heterocycles. The van der Waals surface area contributed by atoms with E-state index in [-0.39, 0.29) is 12.4 Å². The van der Waals surface area contributed by atoms with Crippen LogP contribution in [0.4, 0.5) is 8.78 Å².